The van der Waals surface area contributed by atoms with Gasteiger partial charge < -0.3 is 20.7 Å². The zero-order valence-electron chi connectivity index (χ0n) is 13.5. The highest BCUT2D eigenvalue weighted by Crippen LogP contribution is 2.24. The van der Waals surface area contributed by atoms with Crippen molar-refractivity contribution in [1.29, 1.82) is 0 Å². The number of rotatable bonds is 8. The van der Waals surface area contributed by atoms with Gasteiger partial charge in [0, 0.05) is 12.6 Å². The average molecular weight is 293 g/mol. The Morgan fingerprint density at radius 3 is 2.57 bits per heavy atom. The highest BCUT2D eigenvalue weighted by atomic mass is 16.5. The number of anilines is 2. The zero-order valence-corrected chi connectivity index (χ0v) is 13.5. The summed E-state index contributed by atoms with van der Waals surface area (Å²) in [7, 11) is 0. The van der Waals surface area contributed by atoms with Crippen molar-refractivity contribution >= 4 is 17.3 Å². The summed E-state index contributed by atoms with van der Waals surface area (Å²) in [6.45, 7) is 11.5. The van der Waals surface area contributed by atoms with Crippen LogP contribution in [0.3, 0.4) is 0 Å². The molecule has 0 radical (unpaired) electrons. The number of nitrogens with one attached hydrogen (secondary N) is 1. The number of nitrogens with zero attached hydrogens (tertiary/aromatic N) is 1. The fraction of sp³-hybridized carbons (Fsp3) is 0.562. The summed E-state index contributed by atoms with van der Waals surface area (Å²) in [6.07, 6.45) is 0. The van der Waals surface area contributed by atoms with Crippen molar-refractivity contribution < 1.29 is 9.53 Å². The molecule has 0 heterocycles. The summed E-state index contributed by atoms with van der Waals surface area (Å²) < 4.78 is 5.01. The summed E-state index contributed by atoms with van der Waals surface area (Å²) >= 11 is 0. The Kier molecular flexibility index (Phi) is 7.02. The third-order valence-corrected chi connectivity index (χ3v) is 3.43. The molecule has 118 valence electrons. The molecule has 5 heteroatoms. The summed E-state index contributed by atoms with van der Waals surface area (Å²) in [5.41, 5.74) is 7.72. The molecule has 5 nitrogen and oxygen atoms in total. The maximum Gasteiger partial charge on any atom is 0.340 e. The van der Waals surface area contributed by atoms with Crippen molar-refractivity contribution in [2.24, 2.45) is 0 Å². The van der Waals surface area contributed by atoms with E-state index < -0.39 is 0 Å². The van der Waals surface area contributed by atoms with Crippen LogP contribution in [0.15, 0.2) is 18.2 Å². The van der Waals surface area contributed by atoms with E-state index in [4.69, 9.17) is 10.5 Å². The highest BCUT2D eigenvalue weighted by Gasteiger charge is 2.15. The average Bonchev–Trinajstić information content (AvgIpc) is 2.47. The van der Waals surface area contributed by atoms with Gasteiger partial charge in [-0.1, -0.05) is 19.9 Å². The quantitative estimate of drug-likeness (QED) is 0.569. The molecule has 1 aromatic carbocycles. The van der Waals surface area contributed by atoms with Crippen molar-refractivity contribution in [2.45, 2.75) is 33.7 Å². The van der Waals surface area contributed by atoms with Gasteiger partial charge in [-0.25, -0.2) is 4.79 Å². The molecule has 0 bridgehead atoms. The van der Waals surface area contributed by atoms with Crippen LogP contribution in [0.1, 0.15) is 38.1 Å². The molecule has 3 N–H and O–H groups in total. The van der Waals surface area contributed by atoms with Crippen LogP contribution < -0.4 is 11.1 Å². The number of ether oxygens (including phenoxy) is 1. The fourth-order valence-electron chi connectivity index (χ4n) is 2.26. The van der Waals surface area contributed by atoms with Crippen LogP contribution in [0, 0.1) is 0 Å². The van der Waals surface area contributed by atoms with Gasteiger partial charge in [-0.3, -0.25) is 0 Å². The maximum atomic E-state index is 11.8. The second-order valence-electron chi connectivity index (χ2n) is 5.02. The predicted octanol–water partition coefficient (Wildman–Crippen LogP) is 2.59. The molecule has 0 spiro atoms. The SMILES string of the molecule is CCOC(=O)c1cccc(NC(C)CN(CC)CC)c1N. The van der Waals surface area contributed by atoms with Crippen LogP contribution >= 0.6 is 0 Å². The summed E-state index contributed by atoms with van der Waals surface area (Å²) in [6, 6.07) is 5.63. The van der Waals surface area contributed by atoms with E-state index in [-0.39, 0.29) is 12.0 Å². The minimum atomic E-state index is -0.380. The molecule has 0 aromatic heterocycles. The fourth-order valence-corrected chi connectivity index (χ4v) is 2.26. The lowest BCUT2D eigenvalue weighted by Gasteiger charge is -2.25. The van der Waals surface area contributed by atoms with Gasteiger partial charge in [-0.15, -0.1) is 0 Å². The Labute approximate surface area is 127 Å². The van der Waals surface area contributed by atoms with Crippen LogP contribution in [0.5, 0.6) is 0 Å². The van der Waals surface area contributed by atoms with Gasteiger partial charge in [0.05, 0.1) is 23.5 Å². The van der Waals surface area contributed by atoms with E-state index in [1.54, 1.807) is 13.0 Å². The number of hydrogen-bond donors (Lipinski definition) is 2. The Hall–Kier alpha value is -1.75. The number of hydrogen-bond acceptors (Lipinski definition) is 5. The summed E-state index contributed by atoms with van der Waals surface area (Å²) in [5.74, 6) is -0.380. The van der Waals surface area contributed by atoms with Crippen molar-refractivity contribution in [1.82, 2.24) is 4.90 Å². The Morgan fingerprint density at radius 2 is 2.00 bits per heavy atom. The number of carbonyl (C=O) groups excluding carboxylic acids is 1. The van der Waals surface area contributed by atoms with Gasteiger partial charge in [0.1, 0.15) is 0 Å². The molecular formula is C16H27N3O2. The molecule has 0 fully saturated rings. The van der Waals surface area contributed by atoms with Crippen LogP contribution in [-0.4, -0.2) is 43.2 Å². The molecule has 0 aliphatic carbocycles. The molecule has 0 saturated carbocycles. The molecular weight excluding hydrogens is 266 g/mol. The number of para-hydroxylation sites is 1. The molecule has 1 atom stereocenters. The van der Waals surface area contributed by atoms with Crippen molar-refractivity contribution in [3.8, 4) is 0 Å². The van der Waals surface area contributed by atoms with Crippen molar-refractivity contribution in [2.75, 3.05) is 37.3 Å². The standard InChI is InChI=1S/C16H27N3O2/c1-5-19(6-2)11-12(4)18-14-10-8-9-13(15(14)17)16(20)21-7-3/h8-10,12,18H,5-7,11,17H2,1-4H3. The molecule has 0 aliphatic rings. The highest BCUT2D eigenvalue weighted by molar-refractivity contribution is 5.98. The van der Waals surface area contributed by atoms with E-state index >= 15 is 0 Å². The number of esters is 1. The number of benzene rings is 1. The second-order valence-corrected chi connectivity index (χ2v) is 5.02. The lowest BCUT2D eigenvalue weighted by atomic mass is 10.1. The predicted molar refractivity (Wildman–Crippen MR) is 87.7 cm³/mol. The Morgan fingerprint density at radius 1 is 1.33 bits per heavy atom. The van der Waals surface area contributed by atoms with Gasteiger partial charge in [-0.05, 0) is 39.1 Å². The van der Waals surface area contributed by atoms with Crippen LogP contribution in [0.25, 0.3) is 0 Å². The van der Waals surface area contributed by atoms with Gasteiger partial charge in [-0.2, -0.15) is 0 Å². The first-order valence-electron chi connectivity index (χ1n) is 7.57. The van der Waals surface area contributed by atoms with Gasteiger partial charge in [0.2, 0.25) is 0 Å². The molecule has 0 saturated heterocycles. The number of likely N-dealkylation sites (N-methyl/N-ethyl adjacent to an activating group) is 1. The Balaban J connectivity index is 2.80. The van der Waals surface area contributed by atoms with Crippen LogP contribution in [0.4, 0.5) is 11.4 Å². The van der Waals surface area contributed by atoms with E-state index in [1.165, 1.54) is 0 Å². The number of carbonyl (C=O) groups is 1. The van der Waals surface area contributed by atoms with E-state index in [0.717, 1.165) is 25.3 Å². The normalized spacial score (nSPS) is 12.2. The number of nitrogen functional groups attached to an aromatic ring is 1. The monoisotopic (exact) mass is 293 g/mol. The molecule has 1 aromatic rings. The van der Waals surface area contributed by atoms with Crippen molar-refractivity contribution in [3.05, 3.63) is 23.8 Å². The minimum Gasteiger partial charge on any atom is -0.462 e. The van der Waals surface area contributed by atoms with E-state index in [9.17, 15) is 4.79 Å². The third-order valence-electron chi connectivity index (χ3n) is 3.43. The topological polar surface area (TPSA) is 67.6 Å². The van der Waals surface area contributed by atoms with Gasteiger partial charge in [0.15, 0.2) is 0 Å². The number of nitrogens with two attached hydrogens (primary N) is 1. The van der Waals surface area contributed by atoms with E-state index in [2.05, 4.69) is 31.0 Å². The molecule has 0 amide bonds. The maximum absolute atomic E-state index is 11.8. The Bertz CT molecular complexity index is 459. The van der Waals surface area contributed by atoms with Crippen LogP contribution in [-0.2, 0) is 4.74 Å². The van der Waals surface area contributed by atoms with Gasteiger partial charge in [0.25, 0.3) is 0 Å². The minimum absolute atomic E-state index is 0.240. The molecule has 21 heavy (non-hydrogen) atoms. The zero-order chi connectivity index (χ0) is 15.8. The summed E-state index contributed by atoms with van der Waals surface area (Å²) in [5, 5.41) is 3.37. The summed E-state index contributed by atoms with van der Waals surface area (Å²) in [4.78, 5) is 14.2. The first kappa shape index (κ1) is 17.3. The largest absolute Gasteiger partial charge is 0.462 e. The second kappa shape index (κ2) is 8.52. The van der Waals surface area contributed by atoms with E-state index in [1.807, 2.05) is 12.1 Å². The smallest absolute Gasteiger partial charge is 0.340 e. The molecule has 1 unspecified atom stereocenters. The molecule has 1 rings (SSSR count). The first-order valence-corrected chi connectivity index (χ1v) is 7.57. The lowest BCUT2D eigenvalue weighted by Crippen LogP contribution is -2.35. The van der Waals surface area contributed by atoms with Gasteiger partial charge >= 0.3 is 5.97 Å². The van der Waals surface area contributed by atoms with Crippen LogP contribution in [0.2, 0.25) is 0 Å². The van der Waals surface area contributed by atoms with Crippen molar-refractivity contribution in [3.63, 3.8) is 0 Å². The third kappa shape index (κ3) is 4.93. The first-order chi connectivity index (χ1) is 10.0. The van der Waals surface area contributed by atoms with E-state index in [0.29, 0.717) is 17.9 Å². The molecule has 0 aliphatic heterocycles. The lowest BCUT2D eigenvalue weighted by molar-refractivity contribution is 0.0527.